The highest BCUT2D eigenvalue weighted by molar-refractivity contribution is 7.96. The fraction of sp³-hybridized carbons (Fsp3) is 0.261. The molecule has 0 aliphatic rings. The van der Waals surface area contributed by atoms with Gasteiger partial charge in [-0.15, -0.1) is 12.6 Å². The Hall–Kier alpha value is -2.86. The van der Waals surface area contributed by atoms with Gasteiger partial charge in [0, 0.05) is 25.7 Å². The molecule has 0 spiro atoms. The second kappa shape index (κ2) is 8.66. The van der Waals surface area contributed by atoms with E-state index < -0.39 is 5.41 Å². The molecular weight excluding hydrogens is 388 g/mol. The fourth-order valence-electron chi connectivity index (χ4n) is 3.93. The van der Waals surface area contributed by atoms with Crippen LogP contribution in [-0.4, -0.2) is 5.12 Å². The van der Waals surface area contributed by atoms with Crippen LogP contribution < -0.4 is 0 Å². The molecule has 0 atom stereocenters. The third-order valence-corrected chi connectivity index (χ3v) is 5.85. The predicted octanol–water partition coefficient (Wildman–Crippen LogP) is 5.39. The Bertz CT molecular complexity index is 910. The number of carbonyl (C=O) groups is 1. The summed E-state index contributed by atoms with van der Waals surface area (Å²) < 4.78 is 22.5. The zero-order valence-corrected chi connectivity index (χ0v) is 16.7. The van der Waals surface area contributed by atoms with Gasteiger partial charge >= 0.3 is 0 Å². The highest BCUT2D eigenvalue weighted by Gasteiger charge is 2.46. The van der Waals surface area contributed by atoms with E-state index in [0.29, 0.717) is 25.7 Å². The molecule has 0 aliphatic carbocycles. The van der Waals surface area contributed by atoms with Gasteiger partial charge in [0.2, 0.25) is 0 Å². The van der Waals surface area contributed by atoms with Gasteiger partial charge in [-0.25, -0.2) is 0 Å². The van der Waals surface area contributed by atoms with Gasteiger partial charge in [-0.3, -0.25) is 4.79 Å². The van der Waals surface area contributed by atoms with Crippen molar-refractivity contribution < 1.29 is 22.5 Å². The van der Waals surface area contributed by atoms with E-state index in [0.717, 1.165) is 23.0 Å². The van der Waals surface area contributed by atoms with E-state index in [-0.39, 0.29) is 11.0 Å². The summed E-state index contributed by atoms with van der Waals surface area (Å²) in [5.41, 5.74) is -0.877. The molecule has 0 aliphatic heterocycles. The molecule has 29 heavy (non-hydrogen) atoms. The predicted molar refractivity (Wildman–Crippen MR) is 110 cm³/mol. The Morgan fingerprint density at radius 3 is 1.41 bits per heavy atom. The lowest BCUT2D eigenvalue weighted by Crippen LogP contribution is -2.42. The van der Waals surface area contributed by atoms with Crippen LogP contribution in [0.25, 0.3) is 0 Å². The first-order valence-corrected chi connectivity index (χ1v) is 9.93. The monoisotopic (exact) mass is 410 g/mol. The molecule has 0 unspecified atom stereocenters. The van der Waals surface area contributed by atoms with Crippen LogP contribution in [-0.2, 0) is 30.5 Å². The highest BCUT2D eigenvalue weighted by Crippen LogP contribution is 2.42. The first-order valence-electron chi connectivity index (χ1n) is 9.48. The van der Waals surface area contributed by atoms with Crippen molar-refractivity contribution in [1.82, 2.24) is 0 Å². The second-order valence-corrected chi connectivity index (χ2v) is 7.64. The Morgan fingerprint density at radius 1 is 0.724 bits per heavy atom. The molecule has 0 aromatic carbocycles. The second-order valence-electron chi connectivity index (χ2n) is 7.24. The molecule has 6 heteroatoms. The molecule has 4 heterocycles. The Labute approximate surface area is 174 Å². The normalized spacial score (nSPS) is 11.9. The molecule has 150 valence electrons. The number of carbonyl (C=O) groups excluding carboxylic acids is 1. The molecule has 0 saturated heterocycles. The maximum atomic E-state index is 13.1. The molecule has 0 amide bonds. The van der Waals surface area contributed by atoms with Crippen LogP contribution in [0.2, 0.25) is 0 Å². The van der Waals surface area contributed by atoms with E-state index in [9.17, 15) is 4.79 Å². The summed E-state index contributed by atoms with van der Waals surface area (Å²) in [6, 6.07) is 14.9. The molecule has 0 saturated carbocycles. The summed E-state index contributed by atoms with van der Waals surface area (Å²) >= 11 is 4.36. The van der Waals surface area contributed by atoms with Gasteiger partial charge < -0.3 is 17.7 Å². The first-order chi connectivity index (χ1) is 14.2. The number of rotatable bonds is 10. The van der Waals surface area contributed by atoms with Crippen LogP contribution in [0.1, 0.15) is 23.0 Å². The largest absolute Gasteiger partial charge is 0.469 e. The van der Waals surface area contributed by atoms with E-state index in [4.69, 9.17) is 17.7 Å². The quantitative estimate of drug-likeness (QED) is 0.355. The Balaban J connectivity index is 1.77. The van der Waals surface area contributed by atoms with Crippen molar-refractivity contribution in [2.45, 2.75) is 25.7 Å². The Kier molecular flexibility index (Phi) is 5.81. The van der Waals surface area contributed by atoms with E-state index in [1.165, 1.54) is 0 Å². The van der Waals surface area contributed by atoms with Gasteiger partial charge in [0.1, 0.15) is 23.0 Å². The molecule has 0 radical (unpaired) electrons. The molecule has 4 rings (SSSR count). The van der Waals surface area contributed by atoms with Crippen molar-refractivity contribution >= 4 is 17.7 Å². The number of furan rings is 4. The maximum absolute atomic E-state index is 13.1. The summed E-state index contributed by atoms with van der Waals surface area (Å²) in [6.45, 7) is 0. The van der Waals surface area contributed by atoms with Crippen LogP contribution in [0.15, 0.2) is 91.3 Å². The molecule has 0 bridgehead atoms. The lowest BCUT2D eigenvalue weighted by Gasteiger charge is -2.37. The van der Waals surface area contributed by atoms with E-state index >= 15 is 0 Å². The van der Waals surface area contributed by atoms with Gasteiger partial charge in [-0.2, -0.15) is 0 Å². The summed E-state index contributed by atoms with van der Waals surface area (Å²) in [4.78, 5) is 13.1. The highest BCUT2D eigenvalue weighted by atomic mass is 32.1. The number of hydrogen-bond donors (Lipinski definition) is 1. The molecule has 4 aromatic heterocycles. The third kappa shape index (κ3) is 4.43. The van der Waals surface area contributed by atoms with Gasteiger partial charge in [-0.05, 0) is 54.4 Å². The summed E-state index contributed by atoms with van der Waals surface area (Å²) in [7, 11) is 0. The van der Waals surface area contributed by atoms with Crippen LogP contribution in [0.3, 0.4) is 0 Å². The average molecular weight is 410 g/mol. The smallest absolute Gasteiger partial charge is 0.193 e. The SMILES string of the molecule is O=C(S)C(Cc1ccco1)(Cc1ccco1)C(Cc1ccco1)Cc1ccco1. The maximum Gasteiger partial charge on any atom is 0.193 e. The number of hydrogen-bond acceptors (Lipinski definition) is 5. The average Bonchev–Trinajstić information content (AvgIpc) is 3.49. The molecule has 4 aromatic rings. The standard InChI is InChI=1S/C23H22O5S/c24-22(29)23(15-20-7-3-11-27-20,16-21-8-4-12-28-21)17(13-18-5-1-9-25-18)14-19-6-2-10-26-19/h1-12,17H,13-16H2,(H,24,29). The third-order valence-electron chi connectivity index (χ3n) is 5.40. The van der Waals surface area contributed by atoms with Gasteiger partial charge in [0.15, 0.2) is 5.12 Å². The van der Waals surface area contributed by atoms with Crippen molar-refractivity contribution in [1.29, 1.82) is 0 Å². The van der Waals surface area contributed by atoms with Crippen molar-refractivity contribution in [3.05, 3.63) is 96.6 Å². The van der Waals surface area contributed by atoms with E-state index in [1.807, 2.05) is 48.5 Å². The van der Waals surface area contributed by atoms with Crippen molar-refractivity contribution in [2.75, 3.05) is 0 Å². The van der Waals surface area contributed by atoms with Crippen LogP contribution in [0, 0.1) is 11.3 Å². The summed E-state index contributed by atoms with van der Waals surface area (Å²) in [5.74, 6) is 2.91. The Morgan fingerprint density at radius 2 is 1.10 bits per heavy atom. The van der Waals surface area contributed by atoms with E-state index in [1.54, 1.807) is 25.1 Å². The molecule has 0 fully saturated rings. The lowest BCUT2D eigenvalue weighted by molar-refractivity contribution is -0.123. The van der Waals surface area contributed by atoms with Crippen molar-refractivity contribution in [3.8, 4) is 0 Å². The van der Waals surface area contributed by atoms with Crippen molar-refractivity contribution in [2.24, 2.45) is 11.3 Å². The first kappa shape index (κ1) is 19.5. The fourth-order valence-corrected chi connectivity index (χ4v) is 4.27. The molecule has 5 nitrogen and oxygen atoms in total. The zero-order valence-electron chi connectivity index (χ0n) is 15.8. The van der Waals surface area contributed by atoms with Gasteiger partial charge in [0.05, 0.1) is 30.5 Å². The minimum atomic E-state index is -0.877. The van der Waals surface area contributed by atoms with Gasteiger partial charge in [0.25, 0.3) is 0 Å². The van der Waals surface area contributed by atoms with Crippen LogP contribution in [0.4, 0.5) is 0 Å². The lowest BCUT2D eigenvalue weighted by atomic mass is 9.67. The van der Waals surface area contributed by atoms with Crippen molar-refractivity contribution in [3.63, 3.8) is 0 Å². The topological polar surface area (TPSA) is 69.6 Å². The van der Waals surface area contributed by atoms with Crippen LogP contribution in [0.5, 0.6) is 0 Å². The zero-order chi connectivity index (χ0) is 20.1. The van der Waals surface area contributed by atoms with Crippen LogP contribution >= 0.6 is 12.6 Å². The molecule has 0 N–H and O–H groups in total. The molecular formula is C23H22O5S. The van der Waals surface area contributed by atoms with E-state index in [2.05, 4.69) is 12.6 Å². The summed E-state index contributed by atoms with van der Waals surface area (Å²) in [6.07, 6.45) is 8.42. The van der Waals surface area contributed by atoms with Gasteiger partial charge in [-0.1, -0.05) is 0 Å². The minimum absolute atomic E-state index is 0.153. The minimum Gasteiger partial charge on any atom is -0.469 e. The summed E-state index contributed by atoms with van der Waals surface area (Å²) in [5, 5.41) is -0.214. The number of thiol groups is 1.